The van der Waals surface area contributed by atoms with Crippen LogP contribution in [0.4, 0.5) is 0 Å². The van der Waals surface area contributed by atoms with Gasteiger partial charge in [-0.15, -0.1) is 11.3 Å². The van der Waals surface area contributed by atoms with Gasteiger partial charge in [0.2, 0.25) is 0 Å². The van der Waals surface area contributed by atoms with Crippen LogP contribution in [0.3, 0.4) is 0 Å². The summed E-state index contributed by atoms with van der Waals surface area (Å²) >= 11 is 4.95. The lowest BCUT2D eigenvalue weighted by Gasteiger charge is -2.28. The fourth-order valence-electron chi connectivity index (χ4n) is 0.924. The molecule has 1 aromatic heterocycles. The predicted octanol–water partition coefficient (Wildman–Crippen LogP) is 2.74. The number of halogens is 1. The topological polar surface area (TPSA) is 42.0 Å². The highest BCUT2D eigenvalue weighted by atomic mass is 79.9. The number of nitrogens with zero attached hydrogens (tertiary/aromatic N) is 1. The van der Waals surface area contributed by atoms with Crippen molar-refractivity contribution in [1.29, 1.82) is 0 Å². The standard InChI is InChI=1S/C10H15BrN2OS/c1-6(11)10(3,4)13-9(14)8-5-15-7(2)12-8/h5-6H,1-4H3,(H,13,14). The number of nitrogens with one attached hydrogen (secondary N) is 1. The van der Waals surface area contributed by atoms with Gasteiger partial charge in [-0.05, 0) is 20.8 Å². The van der Waals surface area contributed by atoms with Crippen molar-refractivity contribution in [2.45, 2.75) is 38.1 Å². The Balaban J connectivity index is 2.72. The molecule has 84 valence electrons. The summed E-state index contributed by atoms with van der Waals surface area (Å²) in [4.78, 5) is 16.1. The highest BCUT2D eigenvalue weighted by Crippen LogP contribution is 2.17. The predicted molar refractivity (Wildman–Crippen MR) is 66.8 cm³/mol. The Morgan fingerprint density at radius 3 is 2.67 bits per heavy atom. The molecule has 0 aliphatic heterocycles. The minimum absolute atomic E-state index is 0.115. The smallest absolute Gasteiger partial charge is 0.271 e. The molecule has 0 saturated heterocycles. The molecule has 5 heteroatoms. The van der Waals surface area contributed by atoms with Crippen molar-refractivity contribution < 1.29 is 4.79 Å². The lowest BCUT2D eigenvalue weighted by atomic mass is 10.0. The molecule has 1 aromatic rings. The fraction of sp³-hybridized carbons (Fsp3) is 0.600. The van der Waals surface area contributed by atoms with Gasteiger partial charge in [-0.2, -0.15) is 0 Å². The third kappa shape index (κ3) is 3.28. The van der Waals surface area contributed by atoms with Crippen LogP contribution in [0.1, 0.15) is 36.3 Å². The second-order valence-corrected chi connectivity index (χ2v) is 6.48. The van der Waals surface area contributed by atoms with Gasteiger partial charge in [0.1, 0.15) is 5.69 Å². The molecule has 1 heterocycles. The fourth-order valence-corrected chi connectivity index (χ4v) is 1.63. The largest absolute Gasteiger partial charge is 0.345 e. The quantitative estimate of drug-likeness (QED) is 0.870. The number of alkyl halides is 1. The second kappa shape index (κ2) is 4.61. The Hall–Kier alpha value is -0.420. The van der Waals surface area contributed by atoms with Crippen LogP contribution in [0.5, 0.6) is 0 Å². The number of aromatic nitrogens is 1. The summed E-state index contributed by atoms with van der Waals surface area (Å²) in [5.74, 6) is -0.115. The van der Waals surface area contributed by atoms with Crippen molar-refractivity contribution >= 4 is 33.2 Å². The van der Waals surface area contributed by atoms with Crippen LogP contribution in [0.2, 0.25) is 0 Å². The highest BCUT2D eigenvalue weighted by Gasteiger charge is 2.26. The number of carbonyl (C=O) groups is 1. The Morgan fingerprint density at radius 2 is 2.27 bits per heavy atom. The van der Waals surface area contributed by atoms with Crippen molar-refractivity contribution in [2.24, 2.45) is 0 Å². The molecule has 1 atom stereocenters. The van der Waals surface area contributed by atoms with E-state index >= 15 is 0 Å². The van der Waals surface area contributed by atoms with Crippen molar-refractivity contribution in [3.8, 4) is 0 Å². The van der Waals surface area contributed by atoms with E-state index in [4.69, 9.17) is 0 Å². The molecule has 0 spiro atoms. The minimum atomic E-state index is -0.283. The molecule has 0 aliphatic carbocycles. The third-order valence-electron chi connectivity index (χ3n) is 2.28. The monoisotopic (exact) mass is 290 g/mol. The SMILES string of the molecule is Cc1nc(C(=O)NC(C)(C)C(C)Br)cs1. The molecule has 1 amide bonds. The molecule has 0 aromatic carbocycles. The molecule has 0 fully saturated rings. The van der Waals surface area contributed by atoms with Crippen LogP contribution < -0.4 is 5.32 Å². The molecule has 0 aliphatic rings. The number of amides is 1. The lowest BCUT2D eigenvalue weighted by Crippen LogP contribution is -2.48. The first-order valence-corrected chi connectivity index (χ1v) is 6.51. The second-order valence-electron chi connectivity index (χ2n) is 4.04. The summed E-state index contributed by atoms with van der Waals surface area (Å²) < 4.78 is 0. The Labute approximate surface area is 102 Å². The first kappa shape index (κ1) is 12.6. The van der Waals surface area contributed by atoms with E-state index in [9.17, 15) is 4.79 Å². The summed E-state index contributed by atoms with van der Waals surface area (Å²) in [7, 11) is 0. The minimum Gasteiger partial charge on any atom is -0.345 e. The van der Waals surface area contributed by atoms with Crippen molar-refractivity contribution in [3.63, 3.8) is 0 Å². The van der Waals surface area contributed by atoms with Gasteiger partial charge >= 0.3 is 0 Å². The van der Waals surface area contributed by atoms with Gasteiger partial charge < -0.3 is 5.32 Å². The maximum atomic E-state index is 11.8. The number of hydrogen-bond donors (Lipinski definition) is 1. The average Bonchev–Trinajstić information content (AvgIpc) is 2.50. The number of rotatable bonds is 3. The summed E-state index contributed by atoms with van der Waals surface area (Å²) in [5.41, 5.74) is 0.216. The van der Waals surface area contributed by atoms with E-state index in [0.717, 1.165) is 5.01 Å². The number of carbonyl (C=O) groups excluding carboxylic acids is 1. The van der Waals surface area contributed by atoms with E-state index in [1.807, 2.05) is 27.7 Å². The first-order valence-electron chi connectivity index (χ1n) is 4.71. The van der Waals surface area contributed by atoms with E-state index in [-0.39, 0.29) is 16.3 Å². The third-order valence-corrected chi connectivity index (χ3v) is 4.20. The number of hydrogen-bond acceptors (Lipinski definition) is 3. The van der Waals surface area contributed by atoms with Gasteiger partial charge in [0.15, 0.2) is 0 Å². The number of aryl methyl sites for hydroxylation is 1. The molecular weight excluding hydrogens is 276 g/mol. The summed E-state index contributed by atoms with van der Waals surface area (Å²) in [6, 6.07) is 0. The molecule has 3 nitrogen and oxygen atoms in total. The van der Waals surface area contributed by atoms with Crippen molar-refractivity contribution in [1.82, 2.24) is 10.3 Å². The zero-order valence-corrected chi connectivity index (χ0v) is 11.7. The van der Waals surface area contributed by atoms with Crippen LogP contribution in [0.15, 0.2) is 5.38 Å². The van der Waals surface area contributed by atoms with E-state index in [1.165, 1.54) is 11.3 Å². The van der Waals surface area contributed by atoms with Crippen LogP contribution in [-0.2, 0) is 0 Å². The Morgan fingerprint density at radius 1 is 1.67 bits per heavy atom. The number of thiazole rings is 1. The summed E-state index contributed by atoms with van der Waals surface area (Å²) in [5, 5.41) is 5.63. The molecule has 1 rings (SSSR count). The van der Waals surface area contributed by atoms with Gasteiger partial charge in [0.05, 0.1) is 5.01 Å². The van der Waals surface area contributed by atoms with Gasteiger partial charge in [-0.1, -0.05) is 22.9 Å². The van der Waals surface area contributed by atoms with Crippen LogP contribution in [0.25, 0.3) is 0 Å². The van der Waals surface area contributed by atoms with Crippen molar-refractivity contribution in [2.75, 3.05) is 0 Å². The van der Waals surface area contributed by atoms with E-state index in [1.54, 1.807) is 5.38 Å². The van der Waals surface area contributed by atoms with Gasteiger partial charge in [-0.25, -0.2) is 4.98 Å². The van der Waals surface area contributed by atoms with Gasteiger partial charge in [-0.3, -0.25) is 4.79 Å². The van der Waals surface area contributed by atoms with Crippen LogP contribution in [-0.4, -0.2) is 21.3 Å². The Bertz CT molecular complexity index is 360. The Kier molecular flexibility index (Phi) is 3.89. The molecule has 0 radical (unpaired) electrons. The van der Waals surface area contributed by atoms with E-state index in [0.29, 0.717) is 5.69 Å². The lowest BCUT2D eigenvalue weighted by molar-refractivity contribution is 0.0909. The molecule has 15 heavy (non-hydrogen) atoms. The molecule has 1 N–H and O–H groups in total. The molecule has 0 bridgehead atoms. The average molecular weight is 291 g/mol. The van der Waals surface area contributed by atoms with Crippen LogP contribution >= 0.6 is 27.3 Å². The van der Waals surface area contributed by atoms with Gasteiger partial charge in [0, 0.05) is 15.7 Å². The maximum absolute atomic E-state index is 11.8. The van der Waals surface area contributed by atoms with E-state index < -0.39 is 0 Å². The van der Waals surface area contributed by atoms with Crippen molar-refractivity contribution in [3.05, 3.63) is 16.1 Å². The van der Waals surface area contributed by atoms with E-state index in [2.05, 4.69) is 26.2 Å². The molecular formula is C10H15BrN2OS. The summed E-state index contributed by atoms with van der Waals surface area (Å²) in [6.45, 7) is 7.85. The van der Waals surface area contributed by atoms with Gasteiger partial charge in [0.25, 0.3) is 5.91 Å². The zero-order chi connectivity index (χ0) is 11.6. The molecule has 0 saturated carbocycles. The maximum Gasteiger partial charge on any atom is 0.271 e. The highest BCUT2D eigenvalue weighted by molar-refractivity contribution is 9.09. The summed E-state index contributed by atoms with van der Waals surface area (Å²) in [6.07, 6.45) is 0. The normalized spacial score (nSPS) is 13.7. The first-order chi connectivity index (χ1) is 6.83. The molecule has 1 unspecified atom stereocenters. The van der Waals surface area contributed by atoms with Crippen LogP contribution in [0, 0.1) is 6.92 Å². The zero-order valence-electron chi connectivity index (χ0n) is 9.30.